The van der Waals surface area contributed by atoms with Crippen LogP contribution in [0.25, 0.3) is 0 Å². The molecule has 4 nitrogen and oxygen atoms in total. The van der Waals surface area contributed by atoms with E-state index in [-0.39, 0.29) is 11.8 Å². The van der Waals surface area contributed by atoms with E-state index in [1.807, 2.05) is 0 Å². The molecule has 1 heterocycles. The summed E-state index contributed by atoms with van der Waals surface area (Å²) in [5, 5.41) is 0. The summed E-state index contributed by atoms with van der Waals surface area (Å²) in [5.74, 6) is 0.242. The van der Waals surface area contributed by atoms with Crippen LogP contribution >= 0.6 is 0 Å². The molecule has 0 spiro atoms. The van der Waals surface area contributed by atoms with Gasteiger partial charge in [0.25, 0.3) is 0 Å². The molecule has 0 bridgehead atoms. The van der Waals surface area contributed by atoms with Crippen molar-refractivity contribution < 1.29 is 13.2 Å². The van der Waals surface area contributed by atoms with Gasteiger partial charge in [-0.2, -0.15) is 0 Å². The van der Waals surface area contributed by atoms with Gasteiger partial charge in [-0.15, -0.1) is 0 Å². The van der Waals surface area contributed by atoms with Crippen LogP contribution in [-0.2, 0) is 14.6 Å². The molecule has 2 atom stereocenters. The van der Waals surface area contributed by atoms with Crippen LogP contribution in [0, 0.1) is 0 Å². The van der Waals surface area contributed by atoms with Gasteiger partial charge in [-0.1, -0.05) is 0 Å². The molecule has 5 heteroatoms. The molecule has 1 saturated heterocycles. The molecule has 2 unspecified atom stereocenters. The van der Waals surface area contributed by atoms with Gasteiger partial charge in [0.1, 0.15) is 9.84 Å². The first-order valence-electron chi connectivity index (χ1n) is 5.52. The van der Waals surface area contributed by atoms with E-state index in [2.05, 4.69) is 0 Å². The van der Waals surface area contributed by atoms with E-state index in [1.165, 1.54) is 6.26 Å². The Morgan fingerprint density at radius 3 is 2.80 bits per heavy atom. The number of sulfone groups is 1. The van der Waals surface area contributed by atoms with Gasteiger partial charge in [-0.05, 0) is 32.1 Å². The summed E-state index contributed by atoms with van der Waals surface area (Å²) in [4.78, 5) is 0. The van der Waals surface area contributed by atoms with Crippen molar-refractivity contribution in [1.82, 2.24) is 0 Å². The second-order valence-electron chi connectivity index (χ2n) is 4.40. The fraction of sp³-hybridized carbons (Fsp3) is 1.00. The van der Waals surface area contributed by atoms with Gasteiger partial charge in [0, 0.05) is 24.7 Å². The minimum Gasteiger partial charge on any atom is -0.378 e. The van der Waals surface area contributed by atoms with E-state index >= 15 is 0 Å². The summed E-state index contributed by atoms with van der Waals surface area (Å²) in [5.41, 5.74) is 5.91. The third kappa shape index (κ3) is 6.12. The molecular formula is C10H21NO3S. The molecule has 0 saturated carbocycles. The number of hydrogen-bond donors (Lipinski definition) is 1. The molecule has 1 rings (SSSR count). The largest absolute Gasteiger partial charge is 0.378 e. The van der Waals surface area contributed by atoms with E-state index in [4.69, 9.17) is 10.5 Å². The summed E-state index contributed by atoms with van der Waals surface area (Å²) in [6.07, 6.45) is 6.08. The minimum atomic E-state index is -2.83. The van der Waals surface area contributed by atoms with Crippen LogP contribution in [-0.4, -0.2) is 39.2 Å². The second-order valence-corrected chi connectivity index (χ2v) is 6.66. The molecule has 15 heavy (non-hydrogen) atoms. The number of rotatable bonds is 6. The van der Waals surface area contributed by atoms with Crippen molar-refractivity contribution in [3.05, 3.63) is 0 Å². The van der Waals surface area contributed by atoms with Crippen LogP contribution < -0.4 is 5.73 Å². The average molecular weight is 235 g/mol. The van der Waals surface area contributed by atoms with Crippen LogP contribution in [0.15, 0.2) is 0 Å². The van der Waals surface area contributed by atoms with E-state index < -0.39 is 9.84 Å². The van der Waals surface area contributed by atoms with Crippen molar-refractivity contribution in [2.24, 2.45) is 5.73 Å². The highest BCUT2D eigenvalue weighted by molar-refractivity contribution is 7.90. The minimum absolute atomic E-state index is 0.0786. The van der Waals surface area contributed by atoms with Gasteiger partial charge in [0.05, 0.1) is 6.10 Å². The van der Waals surface area contributed by atoms with E-state index in [1.54, 1.807) is 0 Å². The number of ether oxygens (including phenoxy) is 1. The first-order chi connectivity index (χ1) is 6.97. The molecule has 0 amide bonds. The van der Waals surface area contributed by atoms with Gasteiger partial charge in [0.15, 0.2) is 0 Å². The van der Waals surface area contributed by atoms with Gasteiger partial charge in [-0.25, -0.2) is 8.42 Å². The van der Waals surface area contributed by atoms with Gasteiger partial charge < -0.3 is 10.5 Å². The van der Waals surface area contributed by atoms with Gasteiger partial charge in [-0.3, -0.25) is 0 Å². The maximum atomic E-state index is 10.9. The predicted octanol–water partition coefficient (Wildman–Crippen LogP) is 0.708. The summed E-state index contributed by atoms with van der Waals surface area (Å²) in [6, 6.07) is 0.0786. The lowest BCUT2D eigenvalue weighted by atomic mass is 10.0. The van der Waals surface area contributed by atoms with Crippen molar-refractivity contribution in [3.8, 4) is 0 Å². The van der Waals surface area contributed by atoms with Crippen LogP contribution in [0.4, 0.5) is 0 Å². The van der Waals surface area contributed by atoms with Gasteiger partial charge in [0.2, 0.25) is 0 Å². The highest BCUT2D eigenvalue weighted by Crippen LogP contribution is 2.17. The Morgan fingerprint density at radius 1 is 1.53 bits per heavy atom. The molecule has 90 valence electrons. The zero-order valence-corrected chi connectivity index (χ0v) is 10.1. The van der Waals surface area contributed by atoms with Crippen LogP contribution in [0.3, 0.4) is 0 Å². The Hall–Kier alpha value is -0.130. The molecule has 1 aliphatic rings. The second kappa shape index (κ2) is 5.82. The Balaban J connectivity index is 2.10. The lowest BCUT2D eigenvalue weighted by Crippen LogP contribution is -2.26. The Morgan fingerprint density at radius 2 is 2.27 bits per heavy atom. The standard InChI is InChI=1S/C10H21NO3S/c1-15(12,13)7-3-4-9(11)8-10-5-2-6-14-10/h9-10H,2-8,11H2,1H3. The predicted molar refractivity (Wildman–Crippen MR) is 60.5 cm³/mol. The normalized spacial score (nSPS) is 24.3. The molecule has 0 aromatic heterocycles. The lowest BCUT2D eigenvalue weighted by Gasteiger charge is -2.15. The molecule has 2 N–H and O–H groups in total. The van der Waals surface area contributed by atoms with Crippen LogP contribution in [0.1, 0.15) is 32.1 Å². The van der Waals surface area contributed by atoms with E-state index in [0.29, 0.717) is 12.5 Å². The lowest BCUT2D eigenvalue weighted by molar-refractivity contribution is 0.0975. The summed E-state index contributed by atoms with van der Waals surface area (Å²) in [7, 11) is -2.83. The van der Waals surface area contributed by atoms with Crippen molar-refractivity contribution in [1.29, 1.82) is 0 Å². The van der Waals surface area contributed by atoms with Gasteiger partial charge >= 0.3 is 0 Å². The maximum Gasteiger partial charge on any atom is 0.147 e. The molecular weight excluding hydrogens is 214 g/mol. The Labute approximate surface area is 92.1 Å². The summed E-state index contributed by atoms with van der Waals surface area (Å²) < 4.78 is 27.3. The zero-order valence-electron chi connectivity index (χ0n) is 9.31. The number of nitrogens with two attached hydrogens (primary N) is 1. The van der Waals surface area contributed by atoms with Crippen molar-refractivity contribution in [2.75, 3.05) is 18.6 Å². The highest BCUT2D eigenvalue weighted by atomic mass is 32.2. The fourth-order valence-corrected chi connectivity index (χ4v) is 2.58. The molecule has 0 aromatic rings. The smallest absolute Gasteiger partial charge is 0.147 e. The molecule has 0 aromatic carbocycles. The topological polar surface area (TPSA) is 69.4 Å². The third-order valence-electron chi connectivity index (χ3n) is 2.68. The van der Waals surface area contributed by atoms with Crippen LogP contribution in [0.2, 0.25) is 0 Å². The Kier molecular flexibility index (Phi) is 5.02. The van der Waals surface area contributed by atoms with E-state index in [9.17, 15) is 8.42 Å². The molecule has 1 fully saturated rings. The SMILES string of the molecule is CS(=O)(=O)CCCC(N)CC1CCCO1. The first-order valence-corrected chi connectivity index (χ1v) is 7.58. The Bertz CT molecular complexity index is 270. The summed E-state index contributed by atoms with van der Waals surface area (Å²) >= 11 is 0. The average Bonchev–Trinajstić information content (AvgIpc) is 2.54. The number of hydrogen-bond acceptors (Lipinski definition) is 4. The maximum absolute atomic E-state index is 10.9. The zero-order chi connectivity index (χ0) is 11.3. The molecule has 0 radical (unpaired) electrons. The molecule has 0 aliphatic carbocycles. The first kappa shape index (κ1) is 12.9. The third-order valence-corrected chi connectivity index (χ3v) is 3.71. The van der Waals surface area contributed by atoms with Crippen LogP contribution in [0.5, 0.6) is 0 Å². The molecule has 1 aliphatic heterocycles. The van der Waals surface area contributed by atoms with Crippen molar-refractivity contribution in [3.63, 3.8) is 0 Å². The summed E-state index contributed by atoms with van der Waals surface area (Å²) in [6.45, 7) is 0.848. The fourth-order valence-electron chi connectivity index (χ4n) is 1.89. The quantitative estimate of drug-likeness (QED) is 0.736. The van der Waals surface area contributed by atoms with Crippen molar-refractivity contribution in [2.45, 2.75) is 44.2 Å². The highest BCUT2D eigenvalue weighted by Gasteiger charge is 2.18. The van der Waals surface area contributed by atoms with Crippen molar-refractivity contribution >= 4 is 9.84 Å². The van der Waals surface area contributed by atoms with E-state index in [0.717, 1.165) is 32.3 Å². The monoisotopic (exact) mass is 235 g/mol.